The Kier molecular flexibility index (Phi) is 3.59. The van der Waals surface area contributed by atoms with Gasteiger partial charge in [-0.1, -0.05) is 6.42 Å². The van der Waals surface area contributed by atoms with E-state index >= 15 is 0 Å². The lowest BCUT2D eigenvalue weighted by Crippen LogP contribution is -2.43. The summed E-state index contributed by atoms with van der Waals surface area (Å²) in [5.41, 5.74) is 0. The molecular formula is C11H17N3S. The molecule has 1 aromatic rings. The van der Waals surface area contributed by atoms with E-state index < -0.39 is 0 Å². The van der Waals surface area contributed by atoms with Crippen molar-refractivity contribution in [2.24, 2.45) is 0 Å². The van der Waals surface area contributed by atoms with Gasteiger partial charge in [-0.25, -0.2) is 9.97 Å². The first-order chi connectivity index (χ1) is 7.35. The van der Waals surface area contributed by atoms with Gasteiger partial charge < -0.3 is 5.32 Å². The van der Waals surface area contributed by atoms with Crippen LogP contribution in [0.25, 0.3) is 0 Å². The molecule has 1 aliphatic carbocycles. The van der Waals surface area contributed by atoms with Crippen molar-refractivity contribution in [1.29, 1.82) is 0 Å². The third-order valence-electron chi connectivity index (χ3n) is 3.05. The van der Waals surface area contributed by atoms with Gasteiger partial charge in [0.2, 0.25) is 0 Å². The SMILES string of the molecule is CSC1(CNCc2ncccn2)CCC1. The first-order valence-corrected chi connectivity index (χ1v) is 6.59. The van der Waals surface area contributed by atoms with Crippen molar-refractivity contribution in [2.75, 3.05) is 12.8 Å². The van der Waals surface area contributed by atoms with Gasteiger partial charge in [-0.3, -0.25) is 0 Å². The van der Waals surface area contributed by atoms with E-state index in [-0.39, 0.29) is 0 Å². The maximum atomic E-state index is 4.19. The number of nitrogens with zero attached hydrogens (tertiary/aromatic N) is 2. The normalized spacial score (nSPS) is 18.5. The fourth-order valence-corrected chi connectivity index (χ4v) is 2.79. The van der Waals surface area contributed by atoms with Gasteiger partial charge in [0.25, 0.3) is 0 Å². The van der Waals surface area contributed by atoms with E-state index in [2.05, 4.69) is 21.5 Å². The molecular weight excluding hydrogens is 206 g/mol. The van der Waals surface area contributed by atoms with Crippen LogP contribution in [0, 0.1) is 0 Å². The number of aromatic nitrogens is 2. The fourth-order valence-electron chi connectivity index (χ4n) is 1.85. The van der Waals surface area contributed by atoms with Crippen LogP contribution >= 0.6 is 11.8 Å². The van der Waals surface area contributed by atoms with Gasteiger partial charge in [-0.15, -0.1) is 0 Å². The standard InChI is InChI=1S/C11H17N3S/c1-15-11(4-2-5-11)9-12-8-10-13-6-3-7-14-10/h3,6-7,12H,2,4-5,8-9H2,1H3. The maximum Gasteiger partial charge on any atom is 0.141 e. The van der Waals surface area contributed by atoms with Crippen LogP contribution in [0.3, 0.4) is 0 Å². The van der Waals surface area contributed by atoms with Crippen molar-refractivity contribution < 1.29 is 0 Å². The van der Waals surface area contributed by atoms with Gasteiger partial charge in [-0.2, -0.15) is 11.8 Å². The van der Waals surface area contributed by atoms with Crippen LogP contribution in [0.4, 0.5) is 0 Å². The van der Waals surface area contributed by atoms with Crippen molar-refractivity contribution in [2.45, 2.75) is 30.6 Å². The lowest BCUT2D eigenvalue weighted by molar-refractivity contribution is 0.344. The first-order valence-electron chi connectivity index (χ1n) is 5.36. The van der Waals surface area contributed by atoms with Crippen molar-refractivity contribution in [3.63, 3.8) is 0 Å². The highest BCUT2D eigenvalue weighted by atomic mass is 32.2. The van der Waals surface area contributed by atoms with E-state index in [0.29, 0.717) is 4.75 Å². The van der Waals surface area contributed by atoms with Crippen molar-refractivity contribution in [1.82, 2.24) is 15.3 Å². The summed E-state index contributed by atoms with van der Waals surface area (Å²) in [6.07, 6.45) is 9.85. The average Bonchev–Trinajstić information content (AvgIpc) is 2.24. The summed E-state index contributed by atoms with van der Waals surface area (Å²) >= 11 is 1.99. The van der Waals surface area contributed by atoms with Crippen LogP contribution in [0.1, 0.15) is 25.1 Å². The zero-order valence-electron chi connectivity index (χ0n) is 9.07. The Morgan fingerprint density at radius 3 is 2.67 bits per heavy atom. The monoisotopic (exact) mass is 223 g/mol. The molecule has 3 nitrogen and oxygen atoms in total. The smallest absolute Gasteiger partial charge is 0.141 e. The summed E-state index contributed by atoms with van der Waals surface area (Å²) < 4.78 is 0.495. The first kappa shape index (κ1) is 10.9. The van der Waals surface area contributed by atoms with E-state index in [4.69, 9.17) is 0 Å². The summed E-state index contributed by atoms with van der Waals surface area (Å²) in [5.74, 6) is 0.882. The Bertz CT molecular complexity index is 292. The molecule has 1 fully saturated rings. The quantitative estimate of drug-likeness (QED) is 0.826. The molecule has 0 unspecified atom stereocenters. The molecule has 1 N–H and O–H groups in total. The molecule has 0 amide bonds. The Morgan fingerprint density at radius 2 is 2.13 bits per heavy atom. The molecule has 0 saturated heterocycles. The van der Waals surface area contributed by atoms with Gasteiger partial charge in [0.1, 0.15) is 5.82 Å². The van der Waals surface area contributed by atoms with Crippen LogP contribution in [0.15, 0.2) is 18.5 Å². The Morgan fingerprint density at radius 1 is 1.40 bits per heavy atom. The van der Waals surface area contributed by atoms with Gasteiger partial charge >= 0.3 is 0 Å². The molecule has 4 heteroatoms. The van der Waals surface area contributed by atoms with Crippen molar-refractivity contribution >= 4 is 11.8 Å². The third kappa shape index (κ3) is 2.69. The van der Waals surface area contributed by atoms with Gasteiger partial charge in [0.05, 0.1) is 6.54 Å². The molecule has 1 heterocycles. The highest BCUT2D eigenvalue weighted by Crippen LogP contribution is 2.42. The molecule has 0 spiro atoms. The molecule has 82 valence electrons. The molecule has 1 aliphatic rings. The average molecular weight is 223 g/mol. The highest BCUT2D eigenvalue weighted by molar-refractivity contribution is 8.00. The Hall–Kier alpha value is -0.610. The minimum atomic E-state index is 0.495. The van der Waals surface area contributed by atoms with Crippen LogP contribution in [0.5, 0.6) is 0 Å². The number of rotatable bonds is 5. The van der Waals surface area contributed by atoms with Gasteiger partial charge in [-0.05, 0) is 25.2 Å². The van der Waals surface area contributed by atoms with E-state index in [9.17, 15) is 0 Å². The van der Waals surface area contributed by atoms with Crippen LogP contribution in [-0.4, -0.2) is 27.5 Å². The predicted molar refractivity (Wildman–Crippen MR) is 63.8 cm³/mol. The number of thioether (sulfide) groups is 1. The predicted octanol–water partition coefficient (Wildman–Crippen LogP) is 1.85. The Labute approximate surface area is 95.1 Å². The van der Waals surface area contributed by atoms with E-state index in [1.807, 2.05) is 17.8 Å². The largest absolute Gasteiger partial charge is 0.308 e. The fraction of sp³-hybridized carbons (Fsp3) is 0.636. The summed E-state index contributed by atoms with van der Waals surface area (Å²) in [7, 11) is 0. The summed E-state index contributed by atoms with van der Waals surface area (Å²) in [6.45, 7) is 1.86. The summed E-state index contributed by atoms with van der Waals surface area (Å²) in [5, 5.41) is 3.45. The second-order valence-corrected chi connectivity index (χ2v) is 5.28. The summed E-state index contributed by atoms with van der Waals surface area (Å²) in [6, 6.07) is 1.85. The molecule has 0 bridgehead atoms. The zero-order chi connectivity index (χ0) is 10.6. The summed E-state index contributed by atoms with van der Waals surface area (Å²) in [4.78, 5) is 8.38. The highest BCUT2D eigenvalue weighted by Gasteiger charge is 2.35. The molecule has 2 rings (SSSR count). The second-order valence-electron chi connectivity index (χ2n) is 4.01. The van der Waals surface area contributed by atoms with E-state index in [1.54, 1.807) is 12.4 Å². The van der Waals surface area contributed by atoms with Crippen LogP contribution in [-0.2, 0) is 6.54 Å². The second kappa shape index (κ2) is 4.94. The zero-order valence-corrected chi connectivity index (χ0v) is 9.89. The van der Waals surface area contributed by atoms with Gasteiger partial charge in [0.15, 0.2) is 0 Å². The number of nitrogens with one attached hydrogen (secondary N) is 1. The molecule has 0 atom stereocenters. The van der Waals surface area contributed by atoms with E-state index in [0.717, 1.165) is 18.9 Å². The third-order valence-corrected chi connectivity index (χ3v) is 4.47. The molecule has 15 heavy (non-hydrogen) atoms. The lowest BCUT2D eigenvalue weighted by Gasteiger charge is -2.40. The van der Waals surface area contributed by atoms with E-state index in [1.165, 1.54) is 19.3 Å². The lowest BCUT2D eigenvalue weighted by atomic mass is 9.84. The molecule has 0 aliphatic heterocycles. The number of hydrogen-bond acceptors (Lipinski definition) is 4. The van der Waals surface area contributed by atoms with Crippen molar-refractivity contribution in [3.05, 3.63) is 24.3 Å². The Balaban J connectivity index is 1.75. The minimum Gasteiger partial charge on any atom is -0.308 e. The number of hydrogen-bond donors (Lipinski definition) is 1. The maximum absolute atomic E-state index is 4.19. The minimum absolute atomic E-state index is 0.495. The topological polar surface area (TPSA) is 37.8 Å². The molecule has 0 aromatic carbocycles. The van der Waals surface area contributed by atoms with Gasteiger partial charge in [0, 0.05) is 23.7 Å². The molecule has 0 radical (unpaired) electrons. The van der Waals surface area contributed by atoms with Crippen molar-refractivity contribution in [3.8, 4) is 0 Å². The van der Waals surface area contributed by atoms with Crippen LogP contribution < -0.4 is 5.32 Å². The molecule has 1 aromatic heterocycles. The molecule has 1 saturated carbocycles. The van der Waals surface area contributed by atoms with Crippen LogP contribution in [0.2, 0.25) is 0 Å².